The van der Waals surface area contributed by atoms with Gasteiger partial charge in [-0.1, -0.05) is 121 Å². The molecule has 6 aromatic carbocycles. The van der Waals surface area contributed by atoms with Crippen LogP contribution in [0.15, 0.2) is 180 Å². The molecule has 2 aliphatic carbocycles. The lowest BCUT2D eigenvalue weighted by molar-refractivity contribution is 0.123. The van der Waals surface area contributed by atoms with E-state index in [1.807, 2.05) is 12.1 Å². The predicted molar refractivity (Wildman–Crippen MR) is 210 cm³/mol. The smallest absolute Gasteiger partial charge is 0.143 e. The van der Waals surface area contributed by atoms with Gasteiger partial charge in [0, 0.05) is 44.9 Å². The highest BCUT2D eigenvalue weighted by molar-refractivity contribution is 6.09. The zero-order valence-corrected chi connectivity index (χ0v) is 28.3. The quantitative estimate of drug-likeness (QED) is 0.166. The van der Waals surface area contributed by atoms with Crippen LogP contribution in [0.1, 0.15) is 31.2 Å². The molecular formula is C48H37NO2. The maximum absolute atomic E-state index is 6.64. The lowest BCUT2D eigenvalue weighted by atomic mass is 9.82. The maximum Gasteiger partial charge on any atom is 0.143 e. The number of nitrogens with zero attached hydrogens (tertiary/aromatic N) is 1. The summed E-state index contributed by atoms with van der Waals surface area (Å²) in [5.41, 5.74) is 13.7. The number of hydrogen-bond acceptors (Lipinski definition) is 3. The summed E-state index contributed by atoms with van der Waals surface area (Å²) in [7, 11) is 0. The summed E-state index contributed by atoms with van der Waals surface area (Å²) >= 11 is 0. The Labute approximate surface area is 298 Å². The van der Waals surface area contributed by atoms with Gasteiger partial charge < -0.3 is 14.1 Å². The molecule has 0 radical (unpaired) electrons. The van der Waals surface area contributed by atoms with E-state index in [9.17, 15) is 0 Å². The fourth-order valence-corrected chi connectivity index (χ4v) is 8.35. The van der Waals surface area contributed by atoms with Gasteiger partial charge in [-0.25, -0.2) is 0 Å². The molecule has 3 heteroatoms. The highest BCUT2D eigenvalue weighted by Gasteiger charge is 2.38. The van der Waals surface area contributed by atoms with Gasteiger partial charge in [-0.2, -0.15) is 0 Å². The SMILES string of the molecule is C1=CC2C3=C(OC2CC1)C(c1ccc(N(c2ccc(-c4cccc5c4oc4ccccc45)cc2)c2cccc(-c4ccccc4)c2)cc1)=CCC3. The molecule has 0 fully saturated rings. The van der Waals surface area contributed by atoms with E-state index in [0.29, 0.717) is 5.92 Å². The Kier molecular flexibility index (Phi) is 7.23. The Morgan fingerprint density at radius 2 is 1.29 bits per heavy atom. The van der Waals surface area contributed by atoms with E-state index in [2.05, 4.69) is 157 Å². The van der Waals surface area contributed by atoms with Gasteiger partial charge in [-0.05, 0) is 96.0 Å². The maximum atomic E-state index is 6.64. The molecule has 246 valence electrons. The van der Waals surface area contributed by atoms with Gasteiger partial charge in [0.05, 0.1) is 0 Å². The van der Waals surface area contributed by atoms with E-state index in [4.69, 9.17) is 9.15 Å². The zero-order valence-electron chi connectivity index (χ0n) is 28.3. The lowest BCUT2D eigenvalue weighted by Crippen LogP contribution is -2.19. The third-order valence-electron chi connectivity index (χ3n) is 10.8. The number of allylic oxidation sites excluding steroid dienone is 3. The van der Waals surface area contributed by atoms with Crippen LogP contribution in [0.25, 0.3) is 49.8 Å². The van der Waals surface area contributed by atoms with Crippen LogP contribution < -0.4 is 4.90 Å². The summed E-state index contributed by atoms with van der Waals surface area (Å²) in [5, 5.41) is 2.28. The topological polar surface area (TPSA) is 25.6 Å². The molecule has 2 unspecified atom stereocenters. The molecule has 0 saturated carbocycles. The Morgan fingerprint density at radius 1 is 0.569 bits per heavy atom. The number of anilines is 3. The van der Waals surface area contributed by atoms with Crippen molar-refractivity contribution in [2.45, 2.75) is 31.8 Å². The van der Waals surface area contributed by atoms with Gasteiger partial charge in [-0.15, -0.1) is 0 Å². The molecule has 7 aromatic rings. The van der Waals surface area contributed by atoms with Crippen LogP contribution in [-0.4, -0.2) is 6.10 Å². The molecule has 3 nitrogen and oxygen atoms in total. The number of furan rings is 1. The minimum Gasteiger partial charge on any atom is -0.489 e. The van der Waals surface area contributed by atoms with E-state index in [-0.39, 0.29) is 6.10 Å². The average molecular weight is 660 g/mol. The predicted octanol–water partition coefficient (Wildman–Crippen LogP) is 13.2. The molecule has 3 aliphatic rings. The van der Waals surface area contributed by atoms with Crippen molar-refractivity contribution < 1.29 is 9.15 Å². The second-order valence-electron chi connectivity index (χ2n) is 13.8. The van der Waals surface area contributed by atoms with Crippen LogP contribution in [0.5, 0.6) is 0 Å². The van der Waals surface area contributed by atoms with E-state index in [0.717, 1.165) is 81.6 Å². The standard InChI is InChI=1S/C48H37NO2/c1-2-11-32(12-3-1)35-13-8-14-38(31-35)49(36-27-23-33(24-28-36)39-17-9-19-43-41-15-4-6-21-45(41)50-47(39)43)37-29-25-34(26-30-37)40-18-10-20-44-42-16-5-7-22-46(42)51-48(40)44/h1-6,8-9,11-19,21,23-31,42,46H,7,10,20,22H2. The largest absolute Gasteiger partial charge is 0.489 e. The normalized spacial score (nSPS) is 18.0. The molecule has 2 heterocycles. The van der Waals surface area contributed by atoms with Crippen LogP contribution >= 0.6 is 0 Å². The average Bonchev–Trinajstić information content (AvgIpc) is 3.78. The van der Waals surface area contributed by atoms with Gasteiger partial charge in [0.1, 0.15) is 23.0 Å². The number of benzene rings is 6. The summed E-state index contributed by atoms with van der Waals surface area (Å²) in [5.74, 6) is 1.56. The highest BCUT2D eigenvalue weighted by atomic mass is 16.5. The van der Waals surface area contributed by atoms with Crippen molar-refractivity contribution in [1.82, 2.24) is 0 Å². The van der Waals surface area contributed by atoms with E-state index < -0.39 is 0 Å². The number of para-hydroxylation sites is 2. The van der Waals surface area contributed by atoms with E-state index in [1.54, 1.807) is 0 Å². The highest BCUT2D eigenvalue weighted by Crippen LogP contribution is 2.47. The van der Waals surface area contributed by atoms with Crippen molar-refractivity contribution in [3.05, 3.63) is 181 Å². The molecular weight excluding hydrogens is 623 g/mol. The number of rotatable bonds is 6. The first-order valence-electron chi connectivity index (χ1n) is 18.1. The second kappa shape index (κ2) is 12.4. The molecule has 1 aliphatic heterocycles. The van der Waals surface area contributed by atoms with Crippen molar-refractivity contribution in [3.63, 3.8) is 0 Å². The Morgan fingerprint density at radius 3 is 2.14 bits per heavy atom. The molecule has 0 N–H and O–H groups in total. The molecule has 10 rings (SSSR count). The third-order valence-corrected chi connectivity index (χ3v) is 10.8. The van der Waals surface area contributed by atoms with Crippen molar-refractivity contribution in [2.75, 3.05) is 4.90 Å². The minimum absolute atomic E-state index is 0.287. The van der Waals surface area contributed by atoms with Crippen LogP contribution in [0.3, 0.4) is 0 Å². The van der Waals surface area contributed by atoms with Gasteiger partial charge in [-0.3, -0.25) is 0 Å². The van der Waals surface area contributed by atoms with Crippen molar-refractivity contribution >= 4 is 44.6 Å². The Balaban J connectivity index is 1.04. The molecule has 51 heavy (non-hydrogen) atoms. The molecule has 0 saturated heterocycles. The summed E-state index contributed by atoms with van der Waals surface area (Å²) in [4.78, 5) is 2.35. The fourth-order valence-electron chi connectivity index (χ4n) is 8.35. The summed E-state index contributed by atoms with van der Waals surface area (Å²) < 4.78 is 13.0. The van der Waals surface area contributed by atoms with Crippen LogP contribution in [0.4, 0.5) is 17.1 Å². The molecule has 0 spiro atoms. The van der Waals surface area contributed by atoms with Crippen molar-refractivity contribution in [3.8, 4) is 22.3 Å². The minimum atomic E-state index is 0.287. The van der Waals surface area contributed by atoms with Gasteiger partial charge in [0.2, 0.25) is 0 Å². The molecule has 0 amide bonds. The Hall–Kier alpha value is -6.06. The molecule has 0 bridgehead atoms. The first kappa shape index (κ1) is 29.8. The van der Waals surface area contributed by atoms with Crippen LogP contribution in [-0.2, 0) is 4.74 Å². The second-order valence-corrected chi connectivity index (χ2v) is 13.8. The van der Waals surface area contributed by atoms with Gasteiger partial charge in [0.25, 0.3) is 0 Å². The monoisotopic (exact) mass is 659 g/mol. The number of ether oxygens (including phenoxy) is 1. The third kappa shape index (κ3) is 5.20. The first-order valence-corrected chi connectivity index (χ1v) is 18.1. The van der Waals surface area contributed by atoms with E-state index in [1.165, 1.54) is 27.8 Å². The van der Waals surface area contributed by atoms with E-state index >= 15 is 0 Å². The van der Waals surface area contributed by atoms with Crippen molar-refractivity contribution in [2.24, 2.45) is 5.92 Å². The Bertz CT molecular complexity index is 2500. The molecule has 1 aromatic heterocycles. The number of fused-ring (bicyclic) bond motifs is 5. The lowest BCUT2D eigenvalue weighted by Gasteiger charge is -2.27. The summed E-state index contributed by atoms with van der Waals surface area (Å²) in [6.07, 6.45) is 11.7. The van der Waals surface area contributed by atoms with Gasteiger partial charge in [0.15, 0.2) is 0 Å². The van der Waals surface area contributed by atoms with Crippen molar-refractivity contribution in [1.29, 1.82) is 0 Å². The fraction of sp³-hybridized carbons (Fsp3) is 0.125. The molecule has 2 atom stereocenters. The zero-order chi connectivity index (χ0) is 33.7. The summed E-state index contributed by atoms with van der Waals surface area (Å²) in [6, 6.07) is 52.0. The number of hydrogen-bond donors (Lipinski definition) is 0. The van der Waals surface area contributed by atoms with Crippen LogP contribution in [0, 0.1) is 5.92 Å². The summed E-state index contributed by atoms with van der Waals surface area (Å²) in [6.45, 7) is 0. The van der Waals surface area contributed by atoms with Gasteiger partial charge >= 0.3 is 0 Å². The first-order chi connectivity index (χ1) is 25.3. The van der Waals surface area contributed by atoms with Crippen LogP contribution in [0.2, 0.25) is 0 Å².